The molecule has 0 amide bonds. The van der Waals surface area contributed by atoms with Crippen LogP contribution in [0.4, 0.5) is 5.69 Å². The number of hydrogen-bond donors (Lipinski definition) is 0. The van der Waals surface area contributed by atoms with Crippen LogP contribution in [-0.4, -0.2) is 30.4 Å². The van der Waals surface area contributed by atoms with Crippen molar-refractivity contribution in [1.29, 1.82) is 0 Å². The van der Waals surface area contributed by atoms with Crippen LogP contribution in [0.5, 0.6) is 5.75 Å². The number of halogens is 2. The van der Waals surface area contributed by atoms with Crippen molar-refractivity contribution in [2.75, 3.05) is 13.7 Å². The standard InChI is InChI=1S/C16H11BrClNO6/c1-24-15-5-3-9(6-12(15)18)14(20)8-25-16(21)10-2-4-11(17)13(7-10)19(22)23/h2-7H,8H2,1H3. The third-order valence-corrected chi connectivity index (χ3v) is 4.15. The van der Waals surface area contributed by atoms with Crippen LogP contribution in [0.1, 0.15) is 20.7 Å². The molecule has 25 heavy (non-hydrogen) atoms. The number of carbonyl (C=O) groups excluding carboxylic acids is 2. The van der Waals surface area contributed by atoms with Gasteiger partial charge in [0.15, 0.2) is 12.4 Å². The van der Waals surface area contributed by atoms with E-state index in [4.69, 9.17) is 21.1 Å². The summed E-state index contributed by atoms with van der Waals surface area (Å²) in [5.41, 5.74) is -0.0569. The fraction of sp³-hybridized carbons (Fsp3) is 0.125. The zero-order valence-electron chi connectivity index (χ0n) is 12.8. The van der Waals surface area contributed by atoms with Crippen LogP contribution < -0.4 is 4.74 Å². The Labute approximate surface area is 155 Å². The highest BCUT2D eigenvalue weighted by atomic mass is 79.9. The molecule has 0 atom stereocenters. The minimum absolute atomic E-state index is 0.0320. The lowest BCUT2D eigenvalue weighted by Gasteiger charge is -2.07. The van der Waals surface area contributed by atoms with Gasteiger partial charge < -0.3 is 9.47 Å². The zero-order chi connectivity index (χ0) is 18.6. The molecule has 7 nitrogen and oxygen atoms in total. The van der Waals surface area contributed by atoms with E-state index in [1.54, 1.807) is 0 Å². The van der Waals surface area contributed by atoms with Gasteiger partial charge >= 0.3 is 5.97 Å². The average Bonchev–Trinajstić information content (AvgIpc) is 2.59. The number of benzene rings is 2. The lowest BCUT2D eigenvalue weighted by molar-refractivity contribution is -0.385. The van der Waals surface area contributed by atoms with E-state index in [0.29, 0.717) is 5.75 Å². The Bertz CT molecular complexity index is 855. The van der Waals surface area contributed by atoms with Gasteiger partial charge in [0.05, 0.1) is 27.1 Å². The Kier molecular flexibility index (Phi) is 6.11. The topological polar surface area (TPSA) is 95.7 Å². The van der Waals surface area contributed by atoms with Gasteiger partial charge in [0, 0.05) is 11.6 Å². The molecule has 9 heteroatoms. The van der Waals surface area contributed by atoms with Crippen molar-refractivity contribution in [1.82, 2.24) is 0 Å². The summed E-state index contributed by atoms with van der Waals surface area (Å²) in [5, 5.41) is 11.1. The van der Waals surface area contributed by atoms with Gasteiger partial charge in [-0.05, 0) is 46.3 Å². The maximum atomic E-state index is 12.1. The van der Waals surface area contributed by atoms with Crippen molar-refractivity contribution in [2.24, 2.45) is 0 Å². The van der Waals surface area contributed by atoms with Crippen LogP contribution in [0.25, 0.3) is 0 Å². The highest BCUT2D eigenvalue weighted by molar-refractivity contribution is 9.10. The lowest BCUT2D eigenvalue weighted by atomic mass is 10.1. The SMILES string of the molecule is COc1ccc(C(=O)COC(=O)c2ccc(Br)c([N+](=O)[O-])c2)cc1Cl. The monoisotopic (exact) mass is 427 g/mol. The zero-order valence-corrected chi connectivity index (χ0v) is 15.2. The van der Waals surface area contributed by atoms with Crippen LogP contribution in [-0.2, 0) is 4.74 Å². The quantitative estimate of drug-likeness (QED) is 0.298. The number of ether oxygens (including phenoxy) is 2. The molecule has 0 radical (unpaired) electrons. The molecule has 2 aromatic carbocycles. The summed E-state index contributed by atoms with van der Waals surface area (Å²) >= 11 is 8.96. The Balaban J connectivity index is 2.07. The molecule has 0 bridgehead atoms. The number of rotatable bonds is 6. The summed E-state index contributed by atoms with van der Waals surface area (Å²) in [4.78, 5) is 34.3. The molecule has 0 aromatic heterocycles. The first-order valence-electron chi connectivity index (χ1n) is 6.81. The minimum Gasteiger partial charge on any atom is -0.495 e. The van der Waals surface area contributed by atoms with E-state index in [1.807, 2.05) is 0 Å². The van der Waals surface area contributed by atoms with Gasteiger partial charge in [0.1, 0.15) is 5.75 Å². The first-order chi connectivity index (χ1) is 11.8. The maximum Gasteiger partial charge on any atom is 0.338 e. The van der Waals surface area contributed by atoms with Crippen molar-refractivity contribution >= 4 is 45.0 Å². The molecule has 0 fully saturated rings. The number of nitrogens with zero attached hydrogens (tertiary/aromatic N) is 1. The van der Waals surface area contributed by atoms with Crippen molar-refractivity contribution in [3.63, 3.8) is 0 Å². The normalized spacial score (nSPS) is 10.2. The molecule has 130 valence electrons. The summed E-state index contributed by atoms with van der Waals surface area (Å²) in [7, 11) is 1.45. The second-order valence-corrected chi connectivity index (χ2v) is 6.03. The highest BCUT2D eigenvalue weighted by Crippen LogP contribution is 2.26. The van der Waals surface area contributed by atoms with E-state index in [-0.39, 0.29) is 26.3 Å². The fourth-order valence-corrected chi connectivity index (χ4v) is 2.57. The summed E-state index contributed by atoms with van der Waals surface area (Å²) in [6.45, 7) is -0.522. The minimum atomic E-state index is -0.844. The molecule has 0 aliphatic rings. The van der Waals surface area contributed by atoms with Gasteiger partial charge in [-0.1, -0.05) is 11.6 Å². The predicted molar refractivity (Wildman–Crippen MR) is 93.4 cm³/mol. The molecular weight excluding hydrogens is 418 g/mol. The Morgan fingerprint density at radius 1 is 1.20 bits per heavy atom. The summed E-state index contributed by atoms with van der Waals surface area (Å²) in [6.07, 6.45) is 0. The van der Waals surface area contributed by atoms with Crippen LogP contribution >= 0.6 is 27.5 Å². The Morgan fingerprint density at radius 2 is 1.88 bits per heavy atom. The van der Waals surface area contributed by atoms with Crippen molar-refractivity contribution in [3.05, 3.63) is 67.1 Å². The third kappa shape index (κ3) is 4.55. The summed E-state index contributed by atoms with van der Waals surface area (Å²) < 4.78 is 10.1. The maximum absolute atomic E-state index is 12.1. The van der Waals surface area contributed by atoms with E-state index >= 15 is 0 Å². The molecule has 0 aliphatic heterocycles. The Morgan fingerprint density at radius 3 is 2.48 bits per heavy atom. The van der Waals surface area contributed by atoms with Gasteiger partial charge in [-0.25, -0.2) is 4.79 Å². The molecule has 2 rings (SSSR count). The largest absolute Gasteiger partial charge is 0.495 e. The number of hydrogen-bond acceptors (Lipinski definition) is 6. The van der Waals surface area contributed by atoms with Crippen LogP contribution in [0.2, 0.25) is 5.02 Å². The fourth-order valence-electron chi connectivity index (χ4n) is 1.92. The first-order valence-corrected chi connectivity index (χ1v) is 7.98. The summed E-state index contributed by atoms with van der Waals surface area (Å²) in [5.74, 6) is -0.898. The molecule has 0 saturated carbocycles. The molecule has 0 spiro atoms. The van der Waals surface area contributed by atoms with E-state index < -0.39 is 23.3 Å². The summed E-state index contributed by atoms with van der Waals surface area (Å²) in [6, 6.07) is 8.21. The molecule has 0 saturated heterocycles. The van der Waals surface area contributed by atoms with E-state index in [0.717, 1.165) is 6.07 Å². The van der Waals surface area contributed by atoms with E-state index in [2.05, 4.69) is 15.9 Å². The number of carbonyl (C=O) groups is 2. The van der Waals surface area contributed by atoms with Crippen LogP contribution in [0, 0.1) is 10.1 Å². The number of esters is 1. The third-order valence-electron chi connectivity index (χ3n) is 3.19. The number of nitro groups is 1. The van der Waals surface area contributed by atoms with Crippen LogP contribution in [0.3, 0.4) is 0 Å². The number of methoxy groups -OCH3 is 1. The van der Waals surface area contributed by atoms with Gasteiger partial charge in [-0.2, -0.15) is 0 Å². The Hall–Kier alpha value is -2.45. The molecule has 0 N–H and O–H groups in total. The highest BCUT2D eigenvalue weighted by Gasteiger charge is 2.18. The first kappa shape index (κ1) is 18.9. The van der Waals surface area contributed by atoms with Gasteiger partial charge in [-0.3, -0.25) is 14.9 Å². The van der Waals surface area contributed by atoms with Gasteiger partial charge in [0.2, 0.25) is 0 Å². The van der Waals surface area contributed by atoms with E-state index in [9.17, 15) is 19.7 Å². The van der Waals surface area contributed by atoms with Gasteiger partial charge in [0.25, 0.3) is 5.69 Å². The number of ketones is 1. The second kappa shape index (κ2) is 8.09. The molecular formula is C16H11BrClNO6. The molecule has 2 aromatic rings. The van der Waals surface area contributed by atoms with Crippen LogP contribution in [0.15, 0.2) is 40.9 Å². The van der Waals surface area contributed by atoms with Crippen molar-refractivity contribution in [3.8, 4) is 5.75 Å². The number of Topliss-reactive ketones (excluding diaryl/α,β-unsaturated/α-hetero) is 1. The van der Waals surface area contributed by atoms with Crippen molar-refractivity contribution < 1.29 is 24.0 Å². The number of nitro benzene ring substituents is 1. The van der Waals surface area contributed by atoms with Crippen molar-refractivity contribution in [2.45, 2.75) is 0 Å². The molecule has 0 aliphatic carbocycles. The predicted octanol–water partition coefficient (Wildman–Crippen LogP) is 4.06. The molecule has 0 heterocycles. The van der Waals surface area contributed by atoms with Gasteiger partial charge in [-0.15, -0.1) is 0 Å². The smallest absolute Gasteiger partial charge is 0.338 e. The second-order valence-electron chi connectivity index (χ2n) is 4.77. The average molecular weight is 429 g/mol. The molecule has 0 unspecified atom stereocenters. The van der Waals surface area contributed by atoms with E-state index in [1.165, 1.54) is 37.4 Å². The lowest BCUT2D eigenvalue weighted by Crippen LogP contribution is -2.14.